The number of nitrogens with zero attached hydrogens (tertiary/aromatic N) is 1. The average Bonchev–Trinajstić information content (AvgIpc) is 2.78. The molecule has 160 valence electrons. The summed E-state index contributed by atoms with van der Waals surface area (Å²) in [7, 11) is 0. The van der Waals surface area contributed by atoms with E-state index in [1.54, 1.807) is 54.6 Å². The topological polar surface area (TPSA) is 75.7 Å². The van der Waals surface area contributed by atoms with Gasteiger partial charge in [0.15, 0.2) is 0 Å². The van der Waals surface area contributed by atoms with Crippen molar-refractivity contribution in [2.75, 3.05) is 4.90 Å². The van der Waals surface area contributed by atoms with E-state index >= 15 is 0 Å². The zero-order valence-electron chi connectivity index (χ0n) is 16.5. The summed E-state index contributed by atoms with van der Waals surface area (Å²) >= 11 is 9.45. The Balaban J connectivity index is 1.52. The van der Waals surface area contributed by atoms with Crippen LogP contribution in [0.25, 0.3) is 6.08 Å². The minimum atomic E-state index is -0.789. The molecule has 0 aliphatic carbocycles. The fraction of sp³-hybridized carbons (Fsp3) is 0.0417. The molecule has 1 aliphatic rings. The summed E-state index contributed by atoms with van der Waals surface area (Å²) in [5.41, 5.74) is 1.69. The lowest BCUT2D eigenvalue weighted by Gasteiger charge is -2.26. The summed E-state index contributed by atoms with van der Waals surface area (Å²) < 4.78 is 6.55. The molecule has 1 heterocycles. The number of halogens is 2. The van der Waals surface area contributed by atoms with Gasteiger partial charge in [0.1, 0.15) is 17.9 Å². The molecule has 4 amide bonds. The Morgan fingerprint density at radius 2 is 1.62 bits per heavy atom. The average molecular weight is 512 g/mol. The number of ether oxygens (including phenoxy) is 1. The number of rotatable bonds is 5. The van der Waals surface area contributed by atoms with Crippen molar-refractivity contribution in [1.82, 2.24) is 5.32 Å². The zero-order chi connectivity index (χ0) is 22.7. The van der Waals surface area contributed by atoms with E-state index in [0.717, 1.165) is 14.9 Å². The smallest absolute Gasteiger partial charge is 0.335 e. The quantitative estimate of drug-likeness (QED) is 0.370. The molecule has 1 aliphatic heterocycles. The van der Waals surface area contributed by atoms with Crippen molar-refractivity contribution < 1.29 is 19.1 Å². The van der Waals surface area contributed by atoms with E-state index in [4.69, 9.17) is 16.3 Å². The van der Waals surface area contributed by atoms with E-state index in [0.29, 0.717) is 28.6 Å². The Kier molecular flexibility index (Phi) is 6.39. The van der Waals surface area contributed by atoms with Gasteiger partial charge in [0.25, 0.3) is 11.8 Å². The van der Waals surface area contributed by atoms with Crippen molar-refractivity contribution in [3.63, 3.8) is 0 Å². The van der Waals surface area contributed by atoms with E-state index in [9.17, 15) is 14.4 Å². The fourth-order valence-corrected chi connectivity index (χ4v) is 3.54. The van der Waals surface area contributed by atoms with Gasteiger partial charge in [-0.15, -0.1) is 0 Å². The van der Waals surface area contributed by atoms with Gasteiger partial charge in [-0.3, -0.25) is 14.9 Å². The third-order valence-electron chi connectivity index (χ3n) is 4.73. The van der Waals surface area contributed by atoms with Crippen molar-refractivity contribution in [3.05, 3.63) is 99.0 Å². The molecule has 0 spiro atoms. The van der Waals surface area contributed by atoms with Crippen LogP contribution in [0.15, 0.2) is 82.8 Å². The highest BCUT2D eigenvalue weighted by Crippen LogP contribution is 2.24. The van der Waals surface area contributed by atoms with Gasteiger partial charge in [0.05, 0.1) is 5.69 Å². The van der Waals surface area contributed by atoms with Crippen LogP contribution in [0.4, 0.5) is 10.5 Å². The van der Waals surface area contributed by atoms with E-state index in [1.165, 1.54) is 6.08 Å². The number of anilines is 1. The maximum atomic E-state index is 12.9. The van der Waals surface area contributed by atoms with Gasteiger partial charge >= 0.3 is 6.03 Å². The number of hydrogen-bond donors (Lipinski definition) is 1. The van der Waals surface area contributed by atoms with E-state index < -0.39 is 17.8 Å². The molecule has 1 fully saturated rings. The number of amides is 4. The van der Waals surface area contributed by atoms with Crippen LogP contribution in [0, 0.1) is 0 Å². The van der Waals surface area contributed by atoms with Gasteiger partial charge in [-0.2, -0.15) is 0 Å². The van der Waals surface area contributed by atoms with Gasteiger partial charge in [-0.25, -0.2) is 9.69 Å². The highest BCUT2D eigenvalue weighted by Gasteiger charge is 2.36. The zero-order valence-corrected chi connectivity index (χ0v) is 18.9. The molecule has 0 aromatic heterocycles. The summed E-state index contributed by atoms with van der Waals surface area (Å²) in [6, 6.07) is 20.1. The third-order valence-corrected chi connectivity index (χ3v) is 5.63. The molecule has 3 aromatic rings. The highest BCUT2D eigenvalue weighted by atomic mass is 79.9. The third kappa shape index (κ3) is 4.74. The first-order valence-electron chi connectivity index (χ1n) is 9.55. The second kappa shape index (κ2) is 9.38. The monoisotopic (exact) mass is 510 g/mol. The SMILES string of the molecule is O=C1NC(=O)N(c2ccc(Br)cc2)C(=O)/C1=C/c1ccc(OCc2ccccc2Cl)cc1. The number of imide groups is 2. The lowest BCUT2D eigenvalue weighted by Crippen LogP contribution is -2.54. The van der Waals surface area contributed by atoms with E-state index in [-0.39, 0.29) is 5.57 Å². The molecule has 32 heavy (non-hydrogen) atoms. The van der Waals surface area contributed by atoms with Crippen LogP contribution in [-0.2, 0) is 16.2 Å². The van der Waals surface area contributed by atoms with Crippen LogP contribution >= 0.6 is 27.5 Å². The lowest BCUT2D eigenvalue weighted by molar-refractivity contribution is -0.122. The van der Waals surface area contributed by atoms with Crippen LogP contribution in [0.2, 0.25) is 5.02 Å². The first kappa shape index (κ1) is 21.8. The number of nitrogens with one attached hydrogen (secondary N) is 1. The first-order valence-corrected chi connectivity index (χ1v) is 10.7. The van der Waals surface area contributed by atoms with Crippen LogP contribution in [0.5, 0.6) is 5.75 Å². The molecule has 3 aromatic carbocycles. The maximum absolute atomic E-state index is 12.9. The largest absolute Gasteiger partial charge is 0.489 e. The summed E-state index contributed by atoms with van der Waals surface area (Å²) in [6.07, 6.45) is 1.44. The molecule has 0 bridgehead atoms. The molecule has 8 heteroatoms. The summed E-state index contributed by atoms with van der Waals surface area (Å²) in [5, 5.41) is 2.83. The minimum Gasteiger partial charge on any atom is -0.489 e. The molecule has 1 saturated heterocycles. The molecule has 6 nitrogen and oxygen atoms in total. The Morgan fingerprint density at radius 1 is 0.938 bits per heavy atom. The molecule has 0 atom stereocenters. The summed E-state index contributed by atoms with van der Waals surface area (Å²) in [5.74, 6) is -0.828. The van der Waals surface area contributed by atoms with E-state index in [1.807, 2.05) is 18.2 Å². The van der Waals surface area contributed by atoms with E-state index in [2.05, 4.69) is 21.2 Å². The number of urea groups is 1. The van der Waals surface area contributed by atoms with Crippen LogP contribution in [0.1, 0.15) is 11.1 Å². The van der Waals surface area contributed by atoms with Crippen molar-refractivity contribution >= 4 is 57.1 Å². The summed E-state index contributed by atoms with van der Waals surface area (Å²) in [4.78, 5) is 38.4. The van der Waals surface area contributed by atoms with Crippen LogP contribution in [0.3, 0.4) is 0 Å². The van der Waals surface area contributed by atoms with Gasteiger partial charge in [-0.05, 0) is 54.1 Å². The van der Waals surface area contributed by atoms with Gasteiger partial charge in [0.2, 0.25) is 0 Å². The molecule has 0 unspecified atom stereocenters. The Morgan fingerprint density at radius 3 is 2.31 bits per heavy atom. The number of benzene rings is 3. The Bertz CT molecular complexity index is 1220. The second-order valence-electron chi connectivity index (χ2n) is 6.88. The molecular weight excluding hydrogens is 496 g/mol. The van der Waals surface area contributed by atoms with Crippen LogP contribution in [-0.4, -0.2) is 17.8 Å². The van der Waals surface area contributed by atoms with Crippen molar-refractivity contribution in [1.29, 1.82) is 0 Å². The molecule has 0 saturated carbocycles. The Hall–Kier alpha value is -3.42. The fourth-order valence-electron chi connectivity index (χ4n) is 3.09. The Labute approximate surface area is 197 Å². The number of barbiturate groups is 1. The van der Waals surface area contributed by atoms with Crippen molar-refractivity contribution in [2.24, 2.45) is 0 Å². The normalized spacial score (nSPS) is 15.1. The first-order chi connectivity index (χ1) is 15.4. The van der Waals surface area contributed by atoms with Crippen LogP contribution < -0.4 is 15.0 Å². The number of hydrogen-bond acceptors (Lipinski definition) is 4. The lowest BCUT2D eigenvalue weighted by atomic mass is 10.1. The van der Waals surface area contributed by atoms with Gasteiger partial charge in [-0.1, -0.05) is 57.9 Å². The van der Waals surface area contributed by atoms with Crippen molar-refractivity contribution in [3.8, 4) is 5.75 Å². The standard InChI is InChI=1S/C24H16BrClN2O4/c25-17-7-9-18(10-8-17)28-23(30)20(22(29)27-24(28)31)13-15-5-11-19(12-6-15)32-14-16-3-1-2-4-21(16)26/h1-13H,14H2,(H,27,29,31)/b20-13+. The number of carbonyl (C=O) groups is 3. The van der Waals surface area contributed by atoms with Crippen molar-refractivity contribution in [2.45, 2.75) is 6.61 Å². The molecule has 1 N–H and O–H groups in total. The predicted molar refractivity (Wildman–Crippen MR) is 125 cm³/mol. The van der Waals surface area contributed by atoms with Gasteiger partial charge in [0, 0.05) is 15.1 Å². The second-order valence-corrected chi connectivity index (χ2v) is 8.21. The predicted octanol–water partition coefficient (Wildman–Crippen LogP) is 5.35. The van der Waals surface area contributed by atoms with Gasteiger partial charge < -0.3 is 4.74 Å². The molecule has 4 rings (SSSR count). The highest BCUT2D eigenvalue weighted by molar-refractivity contribution is 9.10. The molecule has 0 radical (unpaired) electrons. The molecular formula is C24H16BrClN2O4. The number of carbonyl (C=O) groups excluding carboxylic acids is 3. The summed E-state index contributed by atoms with van der Waals surface area (Å²) in [6.45, 7) is 0.311. The maximum Gasteiger partial charge on any atom is 0.335 e. The minimum absolute atomic E-state index is 0.141.